The van der Waals surface area contributed by atoms with Crippen LogP contribution in [0.5, 0.6) is 0 Å². The second-order valence-corrected chi connectivity index (χ2v) is 2.32. The second-order valence-electron chi connectivity index (χ2n) is 2.32. The molecule has 0 aliphatic heterocycles. The first-order valence-electron chi connectivity index (χ1n) is 3.10. The lowest BCUT2D eigenvalue weighted by Crippen LogP contribution is -2.27. The van der Waals surface area contributed by atoms with Crippen LogP contribution in [0.3, 0.4) is 0 Å². The zero-order chi connectivity index (χ0) is 7.56. The van der Waals surface area contributed by atoms with E-state index in [1.54, 1.807) is 0 Å². The van der Waals surface area contributed by atoms with E-state index >= 15 is 0 Å². The maximum Gasteiger partial charge on any atom is 0.186 e. The molecular formula is C8H9N2+. The molecule has 0 radical (unpaired) electrons. The van der Waals surface area contributed by atoms with Crippen LogP contribution in [0.4, 0.5) is 0 Å². The smallest absolute Gasteiger partial charge is 0.186 e. The molecule has 50 valence electrons. The molecule has 2 heteroatoms. The Balaban J connectivity index is 3.25. The third kappa shape index (κ3) is 1.14. The number of nitriles is 1. The van der Waals surface area contributed by atoms with Gasteiger partial charge in [-0.2, -0.15) is 5.26 Å². The molecule has 0 fully saturated rings. The van der Waals surface area contributed by atoms with E-state index in [9.17, 15) is 0 Å². The van der Waals surface area contributed by atoms with Crippen molar-refractivity contribution in [2.75, 3.05) is 0 Å². The van der Waals surface area contributed by atoms with Crippen molar-refractivity contribution in [1.82, 2.24) is 0 Å². The van der Waals surface area contributed by atoms with Crippen LogP contribution in [0.15, 0.2) is 18.5 Å². The molecule has 0 aliphatic rings. The third-order valence-corrected chi connectivity index (χ3v) is 1.44. The van der Waals surface area contributed by atoms with Crippen LogP contribution in [0.25, 0.3) is 0 Å². The maximum absolute atomic E-state index is 8.58. The molecule has 1 rings (SSSR count). The Morgan fingerprint density at radius 2 is 2.30 bits per heavy atom. The molecule has 0 aromatic carbocycles. The van der Waals surface area contributed by atoms with E-state index < -0.39 is 0 Å². The van der Waals surface area contributed by atoms with Crippen molar-refractivity contribution in [3.05, 3.63) is 29.6 Å². The molecule has 1 aromatic rings. The van der Waals surface area contributed by atoms with Gasteiger partial charge in [0, 0.05) is 6.07 Å². The van der Waals surface area contributed by atoms with E-state index in [-0.39, 0.29) is 0 Å². The van der Waals surface area contributed by atoms with Gasteiger partial charge in [-0.3, -0.25) is 0 Å². The van der Waals surface area contributed by atoms with Crippen LogP contribution in [0, 0.1) is 18.3 Å². The van der Waals surface area contributed by atoms with Gasteiger partial charge in [0.15, 0.2) is 12.4 Å². The van der Waals surface area contributed by atoms with Gasteiger partial charge in [-0.05, 0) is 12.5 Å². The van der Waals surface area contributed by atoms with Crippen LogP contribution in [-0.4, -0.2) is 0 Å². The van der Waals surface area contributed by atoms with Crippen molar-refractivity contribution < 1.29 is 4.57 Å². The third-order valence-electron chi connectivity index (χ3n) is 1.44. The lowest BCUT2D eigenvalue weighted by molar-refractivity contribution is -0.671. The molecule has 0 saturated heterocycles. The summed E-state index contributed by atoms with van der Waals surface area (Å²) in [5.41, 5.74) is 1.77. The molecule has 1 aromatic heterocycles. The normalized spacial score (nSPS) is 8.90. The molecule has 0 unspecified atom stereocenters. The molecule has 0 amide bonds. The molecule has 0 spiro atoms. The summed E-state index contributed by atoms with van der Waals surface area (Å²) in [5, 5.41) is 8.58. The molecule has 0 atom stereocenters. The van der Waals surface area contributed by atoms with Crippen LogP contribution in [0.1, 0.15) is 11.1 Å². The summed E-state index contributed by atoms with van der Waals surface area (Å²) in [4.78, 5) is 0. The van der Waals surface area contributed by atoms with E-state index in [4.69, 9.17) is 5.26 Å². The number of pyridine rings is 1. The van der Waals surface area contributed by atoms with Crippen LogP contribution in [-0.2, 0) is 7.05 Å². The Morgan fingerprint density at radius 3 is 2.80 bits per heavy atom. The van der Waals surface area contributed by atoms with Gasteiger partial charge >= 0.3 is 0 Å². The largest absolute Gasteiger partial charge is 0.207 e. The zero-order valence-corrected chi connectivity index (χ0v) is 6.13. The summed E-state index contributed by atoms with van der Waals surface area (Å²) in [6.45, 7) is 1.93. The summed E-state index contributed by atoms with van der Waals surface area (Å²) in [7, 11) is 1.90. The molecule has 0 bridgehead atoms. The minimum Gasteiger partial charge on any atom is -0.207 e. The lowest BCUT2D eigenvalue weighted by Gasteiger charge is -1.91. The summed E-state index contributed by atoms with van der Waals surface area (Å²) >= 11 is 0. The Labute approximate surface area is 60.3 Å². The van der Waals surface area contributed by atoms with Crippen LogP contribution in [0.2, 0.25) is 0 Å². The maximum atomic E-state index is 8.58. The number of aryl methyl sites for hydroxylation is 2. The molecule has 10 heavy (non-hydrogen) atoms. The number of nitrogens with zero attached hydrogens (tertiary/aromatic N) is 2. The standard InChI is InChI=1S/C8H9N2/c1-7-3-4-10(2)6-8(7)5-9/h3-4,6H,1-2H3/q+1. The quantitative estimate of drug-likeness (QED) is 0.478. The van der Waals surface area contributed by atoms with Crippen LogP contribution >= 0.6 is 0 Å². The first-order valence-corrected chi connectivity index (χ1v) is 3.10. The molecule has 0 saturated carbocycles. The first-order chi connectivity index (χ1) is 4.74. The number of hydrogen-bond acceptors (Lipinski definition) is 1. The highest BCUT2D eigenvalue weighted by Crippen LogP contribution is 1.99. The predicted molar refractivity (Wildman–Crippen MR) is 37.1 cm³/mol. The lowest BCUT2D eigenvalue weighted by atomic mass is 10.2. The molecule has 0 N–H and O–H groups in total. The van der Waals surface area contributed by atoms with Crippen molar-refractivity contribution >= 4 is 0 Å². The highest BCUT2D eigenvalue weighted by atomic mass is 14.9. The van der Waals surface area contributed by atoms with E-state index in [2.05, 4.69) is 6.07 Å². The van der Waals surface area contributed by atoms with Gasteiger partial charge in [-0.1, -0.05) is 0 Å². The van der Waals surface area contributed by atoms with Gasteiger partial charge in [0.05, 0.1) is 0 Å². The summed E-state index contributed by atoms with van der Waals surface area (Å²) in [6, 6.07) is 4.04. The Kier molecular flexibility index (Phi) is 1.68. The minimum atomic E-state index is 0.741. The van der Waals surface area contributed by atoms with Crippen molar-refractivity contribution in [1.29, 1.82) is 5.26 Å². The Bertz CT molecular complexity index is 284. The van der Waals surface area contributed by atoms with Crippen LogP contribution < -0.4 is 4.57 Å². The van der Waals surface area contributed by atoms with Crippen molar-refractivity contribution in [2.24, 2.45) is 7.05 Å². The van der Waals surface area contributed by atoms with E-state index in [1.165, 1.54) is 0 Å². The van der Waals surface area contributed by atoms with Crippen molar-refractivity contribution in [3.63, 3.8) is 0 Å². The van der Waals surface area contributed by atoms with E-state index in [1.807, 2.05) is 37.0 Å². The average Bonchev–Trinajstić information content (AvgIpc) is 1.94. The fraction of sp³-hybridized carbons (Fsp3) is 0.250. The SMILES string of the molecule is Cc1cc[n+](C)cc1C#N. The average molecular weight is 133 g/mol. The Hall–Kier alpha value is -1.36. The van der Waals surface area contributed by atoms with Gasteiger partial charge < -0.3 is 0 Å². The number of aromatic nitrogens is 1. The minimum absolute atomic E-state index is 0.741. The van der Waals surface area contributed by atoms with E-state index in [0.717, 1.165) is 11.1 Å². The fourth-order valence-corrected chi connectivity index (χ4v) is 0.785. The zero-order valence-electron chi connectivity index (χ0n) is 6.13. The summed E-state index contributed by atoms with van der Waals surface area (Å²) < 4.78 is 1.87. The molecular weight excluding hydrogens is 124 g/mol. The van der Waals surface area contributed by atoms with Crippen molar-refractivity contribution in [2.45, 2.75) is 6.92 Å². The molecule has 0 aliphatic carbocycles. The predicted octanol–water partition coefficient (Wildman–Crippen LogP) is 0.691. The number of rotatable bonds is 0. The Morgan fingerprint density at radius 1 is 1.60 bits per heavy atom. The van der Waals surface area contributed by atoms with Gasteiger partial charge in [-0.25, -0.2) is 4.57 Å². The second kappa shape index (κ2) is 2.49. The highest BCUT2D eigenvalue weighted by Gasteiger charge is 1.99. The van der Waals surface area contributed by atoms with Crippen molar-refractivity contribution in [3.8, 4) is 6.07 Å². The van der Waals surface area contributed by atoms with Gasteiger partial charge in [-0.15, -0.1) is 0 Å². The van der Waals surface area contributed by atoms with Gasteiger partial charge in [0.2, 0.25) is 0 Å². The monoisotopic (exact) mass is 133 g/mol. The van der Waals surface area contributed by atoms with Gasteiger partial charge in [0.1, 0.15) is 18.7 Å². The summed E-state index contributed by atoms with van der Waals surface area (Å²) in [5.74, 6) is 0. The molecule has 1 heterocycles. The van der Waals surface area contributed by atoms with E-state index in [0.29, 0.717) is 0 Å². The fourth-order valence-electron chi connectivity index (χ4n) is 0.785. The number of hydrogen-bond donors (Lipinski definition) is 0. The highest BCUT2D eigenvalue weighted by molar-refractivity contribution is 5.31. The first kappa shape index (κ1) is 6.76. The molecule has 2 nitrogen and oxygen atoms in total. The topological polar surface area (TPSA) is 27.7 Å². The summed E-state index contributed by atoms with van der Waals surface area (Å²) in [6.07, 6.45) is 3.74. The van der Waals surface area contributed by atoms with Gasteiger partial charge in [0.25, 0.3) is 0 Å².